The monoisotopic (exact) mass is 422 g/mol. The van der Waals surface area contributed by atoms with Gasteiger partial charge in [0.1, 0.15) is 5.75 Å². The maximum atomic E-state index is 13.4. The first-order valence-electron chi connectivity index (χ1n) is 10.4. The number of rotatable bonds is 6. The number of hydrogen-bond acceptors (Lipinski definition) is 5. The lowest BCUT2D eigenvalue weighted by Gasteiger charge is -2.26. The lowest BCUT2D eigenvalue weighted by Crippen LogP contribution is -2.30. The van der Waals surface area contributed by atoms with E-state index >= 15 is 0 Å². The zero-order valence-corrected chi connectivity index (χ0v) is 18.2. The first kappa shape index (κ1) is 20.7. The predicted molar refractivity (Wildman–Crippen MR) is 121 cm³/mol. The van der Waals surface area contributed by atoms with Gasteiger partial charge in [0.15, 0.2) is 10.9 Å². The van der Waals surface area contributed by atoms with E-state index in [-0.39, 0.29) is 22.6 Å². The zero-order valence-electron chi connectivity index (χ0n) is 17.3. The van der Waals surface area contributed by atoms with Gasteiger partial charge in [0.2, 0.25) is 0 Å². The number of hydrogen-bond donors (Lipinski definition) is 0. The van der Waals surface area contributed by atoms with Crippen LogP contribution in [0.15, 0.2) is 58.5 Å². The van der Waals surface area contributed by atoms with Gasteiger partial charge in [-0.25, -0.2) is 4.98 Å². The van der Waals surface area contributed by atoms with E-state index in [1.54, 1.807) is 31.4 Å². The quantitative estimate of drug-likeness (QED) is 0.307. The Bertz CT molecular complexity index is 1100. The number of benzene rings is 2. The number of thioether (sulfide) groups is 1. The van der Waals surface area contributed by atoms with Gasteiger partial charge >= 0.3 is 0 Å². The molecule has 4 rings (SSSR count). The van der Waals surface area contributed by atoms with Gasteiger partial charge in [-0.15, -0.1) is 0 Å². The van der Waals surface area contributed by atoms with Crippen molar-refractivity contribution in [3.63, 3.8) is 0 Å². The van der Waals surface area contributed by atoms with Gasteiger partial charge in [0, 0.05) is 11.6 Å². The molecule has 0 N–H and O–H groups in total. The van der Waals surface area contributed by atoms with Crippen LogP contribution in [0.2, 0.25) is 0 Å². The number of methoxy groups -OCH3 is 1. The third-order valence-corrected chi connectivity index (χ3v) is 6.81. The van der Waals surface area contributed by atoms with Gasteiger partial charge in [-0.05, 0) is 56.2 Å². The molecule has 1 atom stereocenters. The molecule has 1 heterocycles. The fourth-order valence-electron chi connectivity index (χ4n) is 4.07. The minimum atomic E-state index is -0.360. The SMILES string of the molecule is COc1ccc(C(=O)C(C)Sc2nc3ccccc3c(=O)n2C2CCCCC2)cc1. The van der Waals surface area contributed by atoms with Crippen molar-refractivity contribution in [1.82, 2.24) is 9.55 Å². The normalized spacial score (nSPS) is 15.8. The fraction of sp³-hybridized carbons (Fsp3) is 0.375. The molecule has 5 nitrogen and oxygen atoms in total. The van der Waals surface area contributed by atoms with Gasteiger partial charge in [0.05, 0.1) is 23.3 Å². The second-order valence-electron chi connectivity index (χ2n) is 7.73. The van der Waals surface area contributed by atoms with Gasteiger partial charge in [-0.1, -0.05) is 43.2 Å². The summed E-state index contributed by atoms with van der Waals surface area (Å²) < 4.78 is 7.03. The zero-order chi connectivity index (χ0) is 21.1. The van der Waals surface area contributed by atoms with Crippen LogP contribution in [-0.4, -0.2) is 27.7 Å². The maximum absolute atomic E-state index is 13.4. The predicted octanol–water partition coefficient (Wildman–Crippen LogP) is 5.27. The van der Waals surface area contributed by atoms with E-state index in [1.165, 1.54) is 18.2 Å². The van der Waals surface area contributed by atoms with Crippen molar-refractivity contribution in [1.29, 1.82) is 0 Å². The summed E-state index contributed by atoms with van der Waals surface area (Å²) in [4.78, 5) is 31.2. The van der Waals surface area contributed by atoms with E-state index in [4.69, 9.17) is 9.72 Å². The van der Waals surface area contributed by atoms with Crippen LogP contribution in [-0.2, 0) is 0 Å². The number of carbonyl (C=O) groups excluding carboxylic acids is 1. The molecule has 0 spiro atoms. The highest BCUT2D eigenvalue weighted by Crippen LogP contribution is 2.33. The molecule has 6 heteroatoms. The summed E-state index contributed by atoms with van der Waals surface area (Å²) in [6, 6.07) is 14.7. The van der Waals surface area contributed by atoms with Crippen molar-refractivity contribution in [2.45, 2.75) is 55.5 Å². The third kappa shape index (κ3) is 4.15. The Balaban J connectivity index is 1.69. The largest absolute Gasteiger partial charge is 0.497 e. The van der Waals surface area contributed by atoms with E-state index in [0.29, 0.717) is 27.4 Å². The molecule has 2 aromatic carbocycles. The highest BCUT2D eigenvalue weighted by Gasteiger charge is 2.25. The minimum Gasteiger partial charge on any atom is -0.497 e. The number of aromatic nitrogens is 2. The molecular weight excluding hydrogens is 396 g/mol. The van der Waals surface area contributed by atoms with Crippen LogP contribution < -0.4 is 10.3 Å². The van der Waals surface area contributed by atoms with E-state index in [1.807, 2.05) is 35.8 Å². The molecule has 0 radical (unpaired) electrons. The standard InChI is InChI=1S/C24H26N2O3S/c1-16(22(27)17-12-14-19(29-2)15-13-17)30-24-25-21-11-7-6-10-20(21)23(28)26(24)18-8-4-3-5-9-18/h6-7,10-16,18H,3-5,8-9H2,1-2H3. The van der Waals surface area contributed by atoms with Crippen LogP contribution in [0.1, 0.15) is 55.4 Å². The smallest absolute Gasteiger partial charge is 0.262 e. The van der Waals surface area contributed by atoms with E-state index < -0.39 is 0 Å². The minimum absolute atomic E-state index is 0.000837. The van der Waals surface area contributed by atoms with E-state index in [0.717, 1.165) is 25.7 Å². The lowest BCUT2D eigenvalue weighted by molar-refractivity contribution is 0.0993. The highest BCUT2D eigenvalue weighted by molar-refractivity contribution is 8.00. The molecule has 0 aliphatic heterocycles. The van der Waals surface area contributed by atoms with Crippen molar-refractivity contribution in [3.8, 4) is 5.75 Å². The van der Waals surface area contributed by atoms with Crippen LogP contribution >= 0.6 is 11.8 Å². The van der Waals surface area contributed by atoms with Crippen LogP contribution in [0.4, 0.5) is 0 Å². The fourth-order valence-corrected chi connectivity index (χ4v) is 5.13. The molecular formula is C24H26N2O3S. The summed E-state index contributed by atoms with van der Waals surface area (Å²) in [6.45, 7) is 1.88. The number of fused-ring (bicyclic) bond motifs is 1. The van der Waals surface area contributed by atoms with E-state index in [9.17, 15) is 9.59 Å². The number of nitrogens with zero attached hydrogens (tertiary/aromatic N) is 2. The van der Waals surface area contributed by atoms with Crippen LogP contribution in [0.25, 0.3) is 10.9 Å². The number of ketones is 1. The maximum Gasteiger partial charge on any atom is 0.262 e. The molecule has 1 saturated carbocycles. The lowest BCUT2D eigenvalue weighted by atomic mass is 9.95. The number of para-hydroxylation sites is 1. The molecule has 1 aliphatic rings. The van der Waals surface area contributed by atoms with Crippen molar-refractivity contribution in [2.75, 3.05) is 7.11 Å². The summed E-state index contributed by atoms with van der Waals surface area (Å²) in [7, 11) is 1.60. The van der Waals surface area contributed by atoms with Gasteiger partial charge in [-0.3, -0.25) is 14.2 Å². The Kier molecular flexibility index (Phi) is 6.23. The van der Waals surface area contributed by atoms with Crippen molar-refractivity contribution < 1.29 is 9.53 Å². The topological polar surface area (TPSA) is 61.2 Å². The molecule has 3 aromatic rings. The van der Waals surface area contributed by atoms with Crippen molar-refractivity contribution in [2.24, 2.45) is 0 Å². The Hall–Kier alpha value is -2.60. The Morgan fingerprint density at radius 2 is 1.80 bits per heavy atom. The van der Waals surface area contributed by atoms with Crippen LogP contribution in [0.5, 0.6) is 5.75 Å². The molecule has 0 saturated heterocycles. The summed E-state index contributed by atoms with van der Waals surface area (Å²) >= 11 is 1.38. The van der Waals surface area contributed by atoms with Gasteiger partial charge in [-0.2, -0.15) is 0 Å². The summed E-state index contributed by atoms with van der Waals surface area (Å²) in [5.74, 6) is 0.731. The Morgan fingerprint density at radius 3 is 2.50 bits per heavy atom. The number of ether oxygens (including phenoxy) is 1. The first-order valence-corrected chi connectivity index (χ1v) is 11.3. The molecule has 30 heavy (non-hydrogen) atoms. The van der Waals surface area contributed by atoms with Crippen molar-refractivity contribution >= 4 is 28.4 Å². The second kappa shape index (κ2) is 9.04. The number of Topliss-reactive ketones (excluding diaryl/α,β-unsaturated/α-hetero) is 1. The molecule has 1 aromatic heterocycles. The average molecular weight is 423 g/mol. The molecule has 1 fully saturated rings. The molecule has 1 unspecified atom stereocenters. The Morgan fingerprint density at radius 1 is 1.10 bits per heavy atom. The van der Waals surface area contributed by atoms with Crippen molar-refractivity contribution in [3.05, 3.63) is 64.4 Å². The van der Waals surface area contributed by atoms with E-state index in [2.05, 4.69) is 0 Å². The molecule has 0 bridgehead atoms. The average Bonchev–Trinajstić information content (AvgIpc) is 2.79. The third-order valence-electron chi connectivity index (χ3n) is 5.74. The second-order valence-corrected chi connectivity index (χ2v) is 9.04. The summed E-state index contributed by atoms with van der Waals surface area (Å²) in [6.07, 6.45) is 5.41. The van der Waals surface area contributed by atoms with Gasteiger partial charge in [0.25, 0.3) is 5.56 Å². The number of carbonyl (C=O) groups is 1. The highest BCUT2D eigenvalue weighted by atomic mass is 32.2. The first-order chi connectivity index (χ1) is 14.6. The summed E-state index contributed by atoms with van der Waals surface area (Å²) in [5, 5.41) is 0.919. The summed E-state index contributed by atoms with van der Waals surface area (Å²) in [5.41, 5.74) is 1.31. The molecule has 0 amide bonds. The molecule has 156 valence electrons. The van der Waals surface area contributed by atoms with Gasteiger partial charge < -0.3 is 4.74 Å². The Labute approximate surface area is 180 Å². The van der Waals surface area contributed by atoms with Crippen LogP contribution in [0.3, 0.4) is 0 Å². The molecule has 1 aliphatic carbocycles. The van der Waals surface area contributed by atoms with Crippen LogP contribution in [0, 0.1) is 0 Å².